The Kier molecular flexibility index (Phi) is 5.76. The van der Waals surface area contributed by atoms with Gasteiger partial charge >= 0.3 is 5.97 Å². The first-order valence-corrected chi connectivity index (χ1v) is 9.33. The van der Waals surface area contributed by atoms with E-state index in [9.17, 15) is 18.0 Å². The largest absolute Gasteiger partial charge is 0.480 e. The molecule has 2 aromatic carbocycles. The summed E-state index contributed by atoms with van der Waals surface area (Å²) in [5.74, 6) is -3.32. The van der Waals surface area contributed by atoms with Crippen molar-refractivity contribution in [2.45, 2.75) is 25.8 Å². The van der Waals surface area contributed by atoms with E-state index in [1.54, 1.807) is 18.2 Å². The summed E-state index contributed by atoms with van der Waals surface area (Å²) in [4.78, 5) is 23.9. The number of carbonyl (C=O) groups is 2. The SMILES string of the molecule is CCCc1ccc2ccccc2c1C(=O)NC(CS(=O)(=O)O)C(=O)O. The fourth-order valence-electron chi connectivity index (χ4n) is 2.68. The van der Waals surface area contributed by atoms with Gasteiger partial charge in [-0.1, -0.05) is 49.7 Å². The van der Waals surface area contributed by atoms with Crippen molar-refractivity contribution in [2.75, 3.05) is 5.75 Å². The number of hydrogen-bond donors (Lipinski definition) is 3. The summed E-state index contributed by atoms with van der Waals surface area (Å²) in [7, 11) is -4.55. The number of carbonyl (C=O) groups excluding carboxylic acids is 1. The van der Waals surface area contributed by atoms with E-state index in [2.05, 4.69) is 5.32 Å². The highest BCUT2D eigenvalue weighted by Crippen LogP contribution is 2.24. The number of fused-ring (bicyclic) bond motifs is 1. The van der Waals surface area contributed by atoms with Gasteiger partial charge in [0.15, 0.2) is 0 Å². The molecule has 0 bridgehead atoms. The molecule has 0 fully saturated rings. The highest BCUT2D eigenvalue weighted by atomic mass is 32.2. The maximum absolute atomic E-state index is 12.7. The summed E-state index contributed by atoms with van der Waals surface area (Å²) < 4.78 is 30.9. The zero-order valence-electron chi connectivity index (χ0n) is 13.6. The van der Waals surface area contributed by atoms with Crippen LogP contribution in [0.2, 0.25) is 0 Å². The molecule has 0 spiro atoms. The van der Waals surface area contributed by atoms with Crippen LogP contribution >= 0.6 is 0 Å². The van der Waals surface area contributed by atoms with E-state index in [-0.39, 0.29) is 0 Å². The summed E-state index contributed by atoms with van der Waals surface area (Å²) in [5.41, 5.74) is 1.07. The van der Waals surface area contributed by atoms with Crippen molar-refractivity contribution in [1.29, 1.82) is 0 Å². The van der Waals surface area contributed by atoms with Crippen molar-refractivity contribution in [2.24, 2.45) is 0 Å². The Hall–Kier alpha value is -2.45. The van der Waals surface area contributed by atoms with Crippen molar-refractivity contribution < 1.29 is 27.7 Å². The Morgan fingerprint density at radius 3 is 2.44 bits per heavy atom. The number of hydrogen-bond acceptors (Lipinski definition) is 4. The molecule has 2 rings (SSSR count). The quantitative estimate of drug-likeness (QED) is 0.644. The second-order valence-corrected chi connectivity index (χ2v) is 7.18. The number of benzene rings is 2. The monoisotopic (exact) mass is 365 g/mol. The molecule has 0 aliphatic carbocycles. The summed E-state index contributed by atoms with van der Waals surface area (Å²) in [6.07, 6.45) is 1.40. The van der Waals surface area contributed by atoms with Crippen LogP contribution in [0.15, 0.2) is 36.4 Å². The van der Waals surface area contributed by atoms with Gasteiger partial charge in [-0.15, -0.1) is 0 Å². The summed E-state index contributed by atoms with van der Waals surface area (Å²) >= 11 is 0. The summed E-state index contributed by atoms with van der Waals surface area (Å²) in [5, 5.41) is 12.8. The Balaban J connectivity index is 2.46. The van der Waals surface area contributed by atoms with E-state index < -0.39 is 33.8 Å². The molecule has 1 atom stereocenters. The van der Waals surface area contributed by atoms with E-state index >= 15 is 0 Å². The van der Waals surface area contributed by atoms with Crippen molar-refractivity contribution in [3.63, 3.8) is 0 Å². The van der Waals surface area contributed by atoms with E-state index in [0.717, 1.165) is 17.4 Å². The van der Waals surface area contributed by atoms with Crippen LogP contribution in [0.5, 0.6) is 0 Å². The number of carboxylic acid groups (broad SMARTS) is 1. The van der Waals surface area contributed by atoms with E-state index in [0.29, 0.717) is 17.4 Å². The molecule has 1 amide bonds. The highest BCUT2D eigenvalue weighted by molar-refractivity contribution is 7.85. The molecule has 0 saturated heterocycles. The topological polar surface area (TPSA) is 121 Å². The first kappa shape index (κ1) is 18.9. The zero-order chi connectivity index (χ0) is 18.6. The molecule has 0 saturated carbocycles. The van der Waals surface area contributed by atoms with E-state index in [4.69, 9.17) is 9.66 Å². The molecule has 2 aromatic rings. The second-order valence-electron chi connectivity index (χ2n) is 5.68. The smallest absolute Gasteiger partial charge is 0.327 e. The third-order valence-corrected chi connectivity index (χ3v) is 4.50. The van der Waals surface area contributed by atoms with Crippen molar-refractivity contribution in [1.82, 2.24) is 5.32 Å². The lowest BCUT2D eigenvalue weighted by molar-refractivity contribution is -0.138. The normalized spacial score (nSPS) is 12.7. The van der Waals surface area contributed by atoms with E-state index in [1.165, 1.54) is 0 Å². The number of carboxylic acids is 1. The fourth-order valence-corrected chi connectivity index (χ4v) is 3.33. The molecule has 8 heteroatoms. The van der Waals surface area contributed by atoms with Gasteiger partial charge in [-0.3, -0.25) is 9.35 Å². The molecule has 0 heterocycles. The predicted molar refractivity (Wildman–Crippen MR) is 93.2 cm³/mol. The van der Waals surface area contributed by atoms with Gasteiger partial charge < -0.3 is 10.4 Å². The Morgan fingerprint density at radius 2 is 1.84 bits per heavy atom. The minimum Gasteiger partial charge on any atom is -0.480 e. The van der Waals surface area contributed by atoms with Crippen LogP contribution in [0.25, 0.3) is 10.8 Å². The highest BCUT2D eigenvalue weighted by Gasteiger charge is 2.27. The second kappa shape index (κ2) is 7.62. The minimum absolute atomic E-state index is 0.321. The maximum Gasteiger partial charge on any atom is 0.327 e. The van der Waals surface area contributed by atoms with Gasteiger partial charge in [-0.2, -0.15) is 8.42 Å². The minimum atomic E-state index is -4.55. The fraction of sp³-hybridized carbons (Fsp3) is 0.294. The van der Waals surface area contributed by atoms with Crippen LogP contribution in [0.3, 0.4) is 0 Å². The van der Waals surface area contributed by atoms with Gasteiger partial charge in [0.1, 0.15) is 11.8 Å². The van der Waals surface area contributed by atoms with Gasteiger partial charge in [0, 0.05) is 0 Å². The first-order valence-electron chi connectivity index (χ1n) is 7.72. The molecule has 0 aromatic heterocycles. The average molecular weight is 365 g/mol. The first-order chi connectivity index (χ1) is 11.7. The molecule has 0 aliphatic heterocycles. The molecule has 1 unspecified atom stereocenters. The standard InChI is InChI=1S/C17H19NO6S/c1-2-5-12-9-8-11-6-3-4-7-13(11)15(12)16(19)18-14(17(20)21)10-25(22,23)24/h3-4,6-9,14H,2,5,10H2,1H3,(H,18,19)(H,20,21)(H,22,23,24). The number of rotatable bonds is 7. The lowest BCUT2D eigenvalue weighted by Crippen LogP contribution is -2.45. The molecule has 0 aliphatic rings. The third-order valence-electron chi connectivity index (χ3n) is 3.74. The molecular formula is C17H19NO6S. The zero-order valence-corrected chi connectivity index (χ0v) is 14.4. The molecule has 134 valence electrons. The van der Waals surface area contributed by atoms with Gasteiger partial charge in [0.2, 0.25) is 0 Å². The van der Waals surface area contributed by atoms with Crippen LogP contribution in [-0.2, 0) is 21.3 Å². The number of aliphatic carboxylic acids is 1. The Bertz CT molecular complexity index is 906. The van der Waals surface area contributed by atoms with Crippen LogP contribution in [-0.4, -0.2) is 41.7 Å². The van der Waals surface area contributed by atoms with Gasteiger partial charge in [0.25, 0.3) is 16.0 Å². The van der Waals surface area contributed by atoms with Gasteiger partial charge in [-0.05, 0) is 22.8 Å². The van der Waals surface area contributed by atoms with Crippen molar-refractivity contribution >= 4 is 32.8 Å². The average Bonchev–Trinajstić information content (AvgIpc) is 2.52. The van der Waals surface area contributed by atoms with Crippen molar-refractivity contribution in [3.8, 4) is 0 Å². The van der Waals surface area contributed by atoms with Crippen LogP contribution in [0, 0.1) is 0 Å². The van der Waals surface area contributed by atoms with Crippen LogP contribution in [0.4, 0.5) is 0 Å². The Labute approximate surface area is 145 Å². The molecular weight excluding hydrogens is 346 g/mol. The molecule has 0 radical (unpaired) electrons. The molecule has 3 N–H and O–H groups in total. The van der Waals surface area contributed by atoms with Gasteiger partial charge in [-0.25, -0.2) is 4.79 Å². The maximum atomic E-state index is 12.7. The number of nitrogens with one attached hydrogen (secondary N) is 1. The third kappa shape index (κ3) is 4.77. The lowest BCUT2D eigenvalue weighted by atomic mass is 9.95. The summed E-state index contributed by atoms with van der Waals surface area (Å²) in [6.45, 7) is 1.95. The predicted octanol–water partition coefficient (Wildman–Crippen LogP) is 1.86. The molecule has 25 heavy (non-hydrogen) atoms. The summed E-state index contributed by atoms with van der Waals surface area (Å²) in [6, 6.07) is 9.11. The lowest BCUT2D eigenvalue weighted by Gasteiger charge is -2.16. The van der Waals surface area contributed by atoms with Crippen LogP contribution in [0.1, 0.15) is 29.3 Å². The van der Waals surface area contributed by atoms with Gasteiger partial charge in [0.05, 0.1) is 5.56 Å². The van der Waals surface area contributed by atoms with Crippen molar-refractivity contribution in [3.05, 3.63) is 47.5 Å². The number of amides is 1. The van der Waals surface area contributed by atoms with Crippen LogP contribution < -0.4 is 5.32 Å². The molecule has 7 nitrogen and oxygen atoms in total. The number of aryl methyl sites for hydroxylation is 1. The van der Waals surface area contributed by atoms with E-state index in [1.807, 2.05) is 25.1 Å². The Morgan fingerprint density at radius 1 is 1.16 bits per heavy atom.